The number of amides is 1. The van der Waals surface area contributed by atoms with Crippen molar-refractivity contribution in [2.45, 2.75) is 20.3 Å². The van der Waals surface area contributed by atoms with Crippen LogP contribution in [0.25, 0.3) is 0 Å². The molecule has 0 fully saturated rings. The SMILES string of the molecule is CC#CCCNC(=O)c1cc(C)cc(Cl)c1. The minimum absolute atomic E-state index is 0.108. The Morgan fingerprint density at radius 3 is 2.81 bits per heavy atom. The van der Waals surface area contributed by atoms with Crippen molar-refractivity contribution in [3.63, 3.8) is 0 Å². The molecular formula is C13H14ClNO. The number of nitrogens with one attached hydrogen (secondary N) is 1. The Hall–Kier alpha value is -1.46. The van der Waals surface area contributed by atoms with Crippen LogP contribution in [0.3, 0.4) is 0 Å². The molecule has 0 aliphatic rings. The Bertz CT molecular complexity index is 423. The summed E-state index contributed by atoms with van der Waals surface area (Å²) >= 11 is 5.88. The van der Waals surface area contributed by atoms with Crippen molar-refractivity contribution in [3.05, 3.63) is 34.3 Å². The number of benzene rings is 1. The van der Waals surface area contributed by atoms with E-state index in [4.69, 9.17) is 11.6 Å². The molecule has 0 saturated carbocycles. The fourth-order valence-corrected chi connectivity index (χ4v) is 1.62. The third-order valence-corrected chi connectivity index (χ3v) is 2.23. The Morgan fingerprint density at radius 1 is 1.44 bits per heavy atom. The predicted octanol–water partition coefficient (Wildman–Crippen LogP) is 2.79. The van der Waals surface area contributed by atoms with Crippen molar-refractivity contribution in [1.29, 1.82) is 0 Å². The van der Waals surface area contributed by atoms with Crippen molar-refractivity contribution in [1.82, 2.24) is 5.32 Å². The van der Waals surface area contributed by atoms with Crippen LogP contribution in [0.2, 0.25) is 5.02 Å². The average molecular weight is 236 g/mol. The minimum Gasteiger partial charge on any atom is -0.351 e. The fourth-order valence-electron chi connectivity index (χ4n) is 1.33. The highest BCUT2D eigenvalue weighted by Gasteiger charge is 2.05. The highest BCUT2D eigenvalue weighted by Crippen LogP contribution is 2.14. The molecule has 1 rings (SSSR count). The van der Waals surface area contributed by atoms with Crippen molar-refractivity contribution >= 4 is 17.5 Å². The van der Waals surface area contributed by atoms with Crippen LogP contribution in [0.1, 0.15) is 29.3 Å². The molecule has 0 saturated heterocycles. The number of halogens is 1. The Morgan fingerprint density at radius 2 is 2.19 bits per heavy atom. The summed E-state index contributed by atoms with van der Waals surface area (Å²) in [5.74, 6) is 5.56. The van der Waals surface area contributed by atoms with E-state index < -0.39 is 0 Å². The summed E-state index contributed by atoms with van der Waals surface area (Å²) in [4.78, 5) is 11.7. The molecule has 0 aliphatic carbocycles. The zero-order chi connectivity index (χ0) is 12.0. The first-order chi connectivity index (χ1) is 7.63. The molecule has 0 radical (unpaired) electrons. The molecule has 0 aliphatic heterocycles. The van der Waals surface area contributed by atoms with Crippen molar-refractivity contribution in [2.75, 3.05) is 6.54 Å². The van der Waals surface area contributed by atoms with Gasteiger partial charge in [-0.2, -0.15) is 0 Å². The first kappa shape index (κ1) is 12.6. The molecule has 1 aromatic rings. The molecular weight excluding hydrogens is 222 g/mol. The molecule has 16 heavy (non-hydrogen) atoms. The smallest absolute Gasteiger partial charge is 0.251 e. The lowest BCUT2D eigenvalue weighted by Gasteiger charge is -2.04. The summed E-state index contributed by atoms with van der Waals surface area (Å²) in [5, 5.41) is 3.37. The second kappa shape index (κ2) is 6.19. The number of aryl methyl sites for hydroxylation is 1. The fraction of sp³-hybridized carbons (Fsp3) is 0.308. The van der Waals surface area contributed by atoms with Gasteiger partial charge in [0.1, 0.15) is 0 Å². The Kier molecular flexibility index (Phi) is 4.88. The second-order valence-corrected chi connectivity index (χ2v) is 3.89. The van der Waals surface area contributed by atoms with Gasteiger partial charge in [0.15, 0.2) is 0 Å². The van der Waals surface area contributed by atoms with Gasteiger partial charge in [-0.3, -0.25) is 4.79 Å². The molecule has 0 aromatic heterocycles. The summed E-state index contributed by atoms with van der Waals surface area (Å²) in [6, 6.07) is 5.29. The number of carbonyl (C=O) groups is 1. The number of hydrogen-bond acceptors (Lipinski definition) is 1. The lowest BCUT2D eigenvalue weighted by Crippen LogP contribution is -2.24. The van der Waals surface area contributed by atoms with Crippen LogP contribution in [0, 0.1) is 18.8 Å². The van der Waals surface area contributed by atoms with E-state index in [1.165, 1.54) is 0 Å². The van der Waals surface area contributed by atoms with Gasteiger partial charge in [-0.15, -0.1) is 11.8 Å². The lowest BCUT2D eigenvalue weighted by atomic mass is 10.1. The van der Waals surface area contributed by atoms with Gasteiger partial charge in [0.25, 0.3) is 5.91 Å². The third-order valence-electron chi connectivity index (χ3n) is 2.02. The second-order valence-electron chi connectivity index (χ2n) is 3.45. The van der Waals surface area contributed by atoms with Gasteiger partial charge in [-0.25, -0.2) is 0 Å². The van der Waals surface area contributed by atoms with E-state index in [-0.39, 0.29) is 5.91 Å². The first-order valence-electron chi connectivity index (χ1n) is 5.08. The molecule has 1 N–H and O–H groups in total. The van der Waals surface area contributed by atoms with Gasteiger partial charge in [-0.1, -0.05) is 11.6 Å². The number of rotatable bonds is 3. The predicted molar refractivity (Wildman–Crippen MR) is 66.6 cm³/mol. The van der Waals surface area contributed by atoms with E-state index in [1.807, 2.05) is 19.1 Å². The standard InChI is InChI=1S/C13H14ClNO/c1-3-4-5-6-15-13(16)11-7-10(2)8-12(14)9-11/h7-9H,5-6H2,1-2H3,(H,15,16). The monoisotopic (exact) mass is 235 g/mol. The van der Waals surface area contributed by atoms with Gasteiger partial charge in [0, 0.05) is 23.6 Å². The number of carbonyl (C=O) groups excluding carboxylic acids is 1. The lowest BCUT2D eigenvalue weighted by molar-refractivity contribution is 0.0954. The van der Waals surface area contributed by atoms with Crippen LogP contribution < -0.4 is 5.32 Å². The Balaban J connectivity index is 2.61. The van der Waals surface area contributed by atoms with Crippen LogP contribution in [0.5, 0.6) is 0 Å². The maximum Gasteiger partial charge on any atom is 0.251 e. The molecule has 84 valence electrons. The van der Waals surface area contributed by atoms with E-state index in [9.17, 15) is 4.79 Å². The van der Waals surface area contributed by atoms with Crippen LogP contribution in [0.15, 0.2) is 18.2 Å². The molecule has 0 heterocycles. The van der Waals surface area contributed by atoms with Crippen molar-refractivity contribution in [2.24, 2.45) is 0 Å². The van der Waals surface area contributed by atoms with Crippen LogP contribution in [0.4, 0.5) is 0 Å². The van der Waals surface area contributed by atoms with Crippen molar-refractivity contribution in [3.8, 4) is 11.8 Å². The quantitative estimate of drug-likeness (QED) is 0.634. The zero-order valence-corrected chi connectivity index (χ0v) is 10.2. The van der Waals surface area contributed by atoms with E-state index >= 15 is 0 Å². The summed E-state index contributed by atoms with van der Waals surface area (Å²) in [7, 11) is 0. The normalized spacial score (nSPS) is 9.19. The van der Waals surface area contributed by atoms with E-state index in [0.717, 1.165) is 5.56 Å². The van der Waals surface area contributed by atoms with Gasteiger partial charge in [0.05, 0.1) is 0 Å². The Labute approximate surface area is 101 Å². The van der Waals surface area contributed by atoms with Crippen molar-refractivity contribution < 1.29 is 4.79 Å². The minimum atomic E-state index is -0.108. The van der Waals surface area contributed by atoms with Crippen LogP contribution >= 0.6 is 11.6 Å². The first-order valence-corrected chi connectivity index (χ1v) is 5.46. The molecule has 0 bridgehead atoms. The maximum absolute atomic E-state index is 11.7. The summed E-state index contributed by atoms with van der Waals surface area (Å²) in [5.41, 5.74) is 1.57. The van der Waals surface area contributed by atoms with Crippen LogP contribution in [-0.2, 0) is 0 Å². The summed E-state index contributed by atoms with van der Waals surface area (Å²) < 4.78 is 0. The van der Waals surface area contributed by atoms with Gasteiger partial charge < -0.3 is 5.32 Å². The maximum atomic E-state index is 11.7. The van der Waals surface area contributed by atoms with E-state index in [0.29, 0.717) is 23.6 Å². The van der Waals surface area contributed by atoms with Gasteiger partial charge in [-0.05, 0) is 37.6 Å². The van der Waals surface area contributed by atoms with E-state index in [2.05, 4.69) is 17.2 Å². The van der Waals surface area contributed by atoms with Gasteiger partial charge >= 0.3 is 0 Å². The molecule has 0 spiro atoms. The largest absolute Gasteiger partial charge is 0.351 e. The molecule has 0 unspecified atom stereocenters. The highest BCUT2D eigenvalue weighted by atomic mass is 35.5. The summed E-state index contributed by atoms with van der Waals surface area (Å²) in [6.45, 7) is 4.25. The molecule has 0 atom stereocenters. The highest BCUT2D eigenvalue weighted by molar-refractivity contribution is 6.31. The topological polar surface area (TPSA) is 29.1 Å². The molecule has 1 aromatic carbocycles. The molecule has 1 amide bonds. The van der Waals surface area contributed by atoms with E-state index in [1.54, 1.807) is 13.0 Å². The van der Waals surface area contributed by atoms with Crippen LogP contribution in [-0.4, -0.2) is 12.5 Å². The average Bonchev–Trinajstić information content (AvgIpc) is 2.22. The zero-order valence-electron chi connectivity index (χ0n) is 9.43. The molecule has 3 heteroatoms. The third kappa shape index (κ3) is 3.96. The number of hydrogen-bond donors (Lipinski definition) is 1. The van der Waals surface area contributed by atoms with Gasteiger partial charge in [0.2, 0.25) is 0 Å². The summed E-state index contributed by atoms with van der Waals surface area (Å²) in [6.07, 6.45) is 0.668. The molecule has 2 nitrogen and oxygen atoms in total.